The summed E-state index contributed by atoms with van der Waals surface area (Å²) in [7, 11) is 1.90. The van der Waals surface area contributed by atoms with E-state index < -0.39 is 0 Å². The zero-order chi connectivity index (χ0) is 11.7. The Labute approximate surface area is 105 Å². The molecule has 16 heavy (non-hydrogen) atoms. The van der Waals surface area contributed by atoms with Gasteiger partial charge in [-0.05, 0) is 40.6 Å². The summed E-state index contributed by atoms with van der Waals surface area (Å²) in [6, 6.07) is 0.0529. The summed E-state index contributed by atoms with van der Waals surface area (Å²) in [4.78, 5) is 0. The fraction of sp³-hybridized carbons (Fsp3) is 0.818. The highest BCUT2D eigenvalue weighted by atomic mass is 79.9. The molecule has 0 spiro atoms. The van der Waals surface area contributed by atoms with E-state index in [4.69, 9.17) is 5.73 Å². The van der Waals surface area contributed by atoms with Crippen molar-refractivity contribution in [1.29, 1.82) is 0 Å². The highest BCUT2D eigenvalue weighted by Crippen LogP contribution is 2.37. The van der Waals surface area contributed by atoms with Crippen molar-refractivity contribution >= 4 is 15.9 Å². The fourth-order valence-electron chi connectivity index (χ4n) is 2.72. The lowest BCUT2D eigenvalue weighted by molar-refractivity contribution is 0.242. The third kappa shape index (κ3) is 2.30. The van der Waals surface area contributed by atoms with Crippen molar-refractivity contribution in [2.24, 2.45) is 24.6 Å². The van der Waals surface area contributed by atoms with Gasteiger partial charge in [-0.25, -0.2) is 4.68 Å². The minimum Gasteiger partial charge on any atom is -0.322 e. The van der Waals surface area contributed by atoms with Crippen LogP contribution in [-0.2, 0) is 7.05 Å². The van der Waals surface area contributed by atoms with Crippen molar-refractivity contribution in [3.05, 3.63) is 10.3 Å². The zero-order valence-electron chi connectivity index (χ0n) is 9.86. The predicted octanol–water partition coefficient (Wildman–Crippen LogP) is 2.40. The lowest BCUT2D eigenvalue weighted by Gasteiger charge is -2.31. The molecule has 5 heteroatoms. The number of aryl methyl sites for hydroxylation is 1. The molecule has 2 rings (SSSR count). The molecule has 1 aromatic heterocycles. The first-order valence-corrected chi connectivity index (χ1v) is 6.69. The smallest absolute Gasteiger partial charge is 0.153 e. The molecule has 1 aromatic rings. The number of aromatic nitrogens is 3. The van der Waals surface area contributed by atoms with Crippen LogP contribution in [0.5, 0.6) is 0 Å². The van der Waals surface area contributed by atoms with E-state index in [2.05, 4.69) is 33.2 Å². The molecule has 3 atom stereocenters. The Bertz CT molecular complexity index is 343. The predicted molar refractivity (Wildman–Crippen MR) is 66.8 cm³/mol. The molecule has 1 fully saturated rings. The Balaban J connectivity index is 2.15. The van der Waals surface area contributed by atoms with Gasteiger partial charge in [0.15, 0.2) is 4.60 Å². The molecule has 0 aromatic carbocycles. The number of hydrogen-bond donors (Lipinski definition) is 1. The van der Waals surface area contributed by atoms with Gasteiger partial charge in [0.25, 0.3) is 0 Å². The number of rotatable bonds is 2. The third-order valence-corrected chi connectivity index (χ3v) is 4.19. The van der Waals surface area contributed by atoms with Crippen LogP contribution in [-0.4, -0.2) is 15.0 Å². The van der Waals surface area contributed by atoms with E-state index in [1.165, 1.54) is 25.7 Å². The lowest BCUT2D eigenvalue weighted by Crippen LogP contribution is -2.28. The van der Waals surface area contributed by atoms with Crippen molar-refractivity contribution in [2.75, 3.05) is 0 Å². The first kappa shape index (κ1) is 12.0. The minimum absolute atomic E-state index is 0.0529. The molecule has 1 heterocycles. The van der Waals surface area contributed by atoms with Crippen molar-refractivity contribution in [2.45, 2.75) is 38.6 Å². The van der Waals surface area contributed by atoms with Crippen LogP contribution in [0.25, 0.3) is 0 Å². The molecule has 1 aliphatic carbocycles. The van der Waals surface area contributed by atoms with Crippen LogP contribution in [0, 0.1) is 11.8 Å². The second kappa shape index (κ2) is 4.84. The van der Waals surface area contributed by atoms with Gasteiger partial charge in [-0.2, -0.15) is 0 Å². The van der Waals surface area contributed by atoms with Crippen molar-refractivity contribution in [3.63, 3.8) is 0 Å². The van der Waals surface area contributed by atoms with Crippen LogP contribution in [0.4, 0.5) is 0 Å². The van der Waals surface area contributed by atoms with E-state index >= 15 is 0 Å². The van der Waals surface area contributed by atoms with Gasteiger partial charge in [0, 0.05) is 7.05 Å². The van der Waals surface area contributed by atoms with Crippen LogP contribution in [0.15, 0.2) is 4.60 Å². The van der Waals surface area contributed by atoms with Gasteiger partial charge in [-0.15, -0.1) is 5.10 Å². The second-order valence-corrected chi connectivity index (χ2v) is 5.70. The van der Waals surface area contributed by atoms with Crippen LogP contribution < -0.4 is 5.73 Å². The van der Waals surface area contributed by atoms with Gasteiger partial charge < -0.3 is 5.73 Å². The molecule has 2 N–H and O–H groups in total. The average molecular weight is 287 g/mol. The lowest BCUT2D eigenvalue weighted by atomic mass is 9.78. The Morgan fingerprint density at radius 2 is 2.25 bits per heavy atom. The second-order valence-electron chi connectivity index (χ2n) is 4.95. The van der Waals surface area contributed by atoms with Gasteiger partial charge in [0.1, 0.15) is 0 Å². The quantitative estimate of drug-likeness (QED) is 0.908. The van der Waals surface area contributed by atoms with Crippen molar-refractivity contribution < 1.29 is 0 Å². The van der Waals surface area contributed by atoms with E-state index in [0.29, 0.717) is 5.92 Å². The summed E-state index contributed by atoms with van der Waals surface area (Å²) in [6.07, 6.45) is 5.08. The molecular weight excluding hydrogens is 268 g/mol. The summed E-state index contributed by atoms with van der Waals surface area (Å²) >= 11 is 3.43. The molecule has 0 radical (unpaired) electrons. The standard InChI is InChI=1S/C11H19BrN4/c1-7-4-3-5-8(6-7)9(13)10-11(12)14-15-16(10)2/h7-9H,3-6,13H2,1-2H3. The van der Waals surface area contributed by atoms with Crippen LogP contribution in [0.1, 0.15) is 44.3 Å². The highest BCUT2D eigenvalue weighted by molar-refractivity contribution is 9.10. The Morgan fingerprint density at radius 1 is 1.50 bits per heavy atom. The number of hydrogen-bond acceptors (Lipinski definition) is 3. The molecule has 1 saturated carbocycles. The Morgan fingerprint density at radius 3 is 2.81 bits per heavy atom. The van der Waals surface area contributed by atoms with E-state index in [1.54, 1.807) is 4.68 Å². The number of halogens is 1. The van der Waals surface area contributed by atoms with Crippen LogP contribution >= 0.6 is 15.9 Å². The molecule has 0 aliphatic heterocycles. The van der Waals surface area contributed by atoms with E-state index in [-0.39, 0.29) is 6.04 Å². The highest BCUT2D eigenvalue weighted by Gasteiger charge is 2.28. The van der Waals surface area contributed by atoms with E-state index in [1.807, 2.05) is 7.05 Å². The Hall–Kier alpha value is -0.420. The number of nitrogens with zero attached hydrogens (tertiary/aromatic N) is 3. The number of nitrogens with two attached hydrogens (primary N) is 1. The first-order valence-electron chi connectivity index (χ1n) is 5.90. The first-order chi connectivity index (χ1) is 7.59. The van der Waals surface area contributed by atoms with E-state index in [9.17, 15) is 0 Å². The maximum Gasteiger partial charge on any atom is 0.153 e. The van der Waals surface area contributed by atoms with Crippen molar-refractivity contribution in [3.8, 4) is 0 Å². The largest absolute Gasteiger partial charge is 0.322 e. The minimum atomic E-state index is 0.0529. The maximum absolute atomic E-state index is 6.35. The molecule has 0 saturated heterocycles. The molecule has 1 aliphatic rings. The summed E-state index contributed by atoms with van der Waals surface area (Å²) in [5.74, 6) is 1.36. The van der Waals surface area contributed by atoms with Crippen LogP contribution in [0.3, 0.4) is 0 Å². The third-order valence-electron chi connectivity index (χ3n) is 3.63. The molecule has 0 amide bonds. The topological polar surface area (TPSA) is 56.7 Å². The zero-order valence-corrected chi connectivity index (χ0v) is 11.4. The van der Waals surface area contributed by atoms with Gasteiger partial charge in [-0.3, -0.25) is 0 Å². The van der Waals surface area contributed by atoms with Crippen molar-refractivity contribution in [1.82, 2.24) is 15.0 Å². The van der Waals surface area contributed by atoms with Gasteiger partial charge in [0.2, 0.25) is 0 Å². The van der Waals surface area contributed by atoms with Gasteiger partial charge in [-0.1, -0.05) is 25.0 Å². The van der Waals surface area contributed by atoms with Gasteiger partial charge in [0.05, 0.1) is 11.7 Å². The molecule has 90 valence electrons. The van der Waals surface area contributed by atoms with Gasteiger partial charge >= 0.3 is 0 Å². The summed E-state index contributed by atoms with van der Waals surface area (Å²) in [6.45, 7) is 2.31. The molecule has 3 unspecified atom stereocenters. The van der Waals surface area contributed by atoms with Crippen LogP contribution in [0.2, 0.25) is 0 Å². The SMILES string of the molecule is CC1CCCC(C(N)c2c(Br)nnn2C)C1. The average Bonchev–Trinajstić information content (AvgIpc) is 2.58. The normalized spacial score (nSPS) is 28.0. The summed E-state index contributed by atoms with van der Waals surface area (Å²) < 4.78 is 2.58. The summed E-state index contributed by atoms with van der Waals surface area (Å²) in [5, 5.41) is 7.99. The molecule has 4 nitrogen and oxygen atoms in total. The monoisotopic (exact) mass is 286 g/mol. The van der Waals surface area contributed by atoms with E-state index in [0.717, 1.165) is 16.2 Å². The maximum atomic E-state index is 6.35. The fourth-order valence-corrected chi connectivity index (χ4v) is 3.31. The summed E-state index contributed by atoms with van der Waals surface area (Å²) in [5.41, 5.74) is 7.37. The Kier molecular flexibility index (Phi) is 3.64. The molecular formula is C11H19BrN4. The molecule has 0 bridgehead atoms.